The Labute approximate surface area is 128 Å². The van der Waals surface area contributed by atoms with Crippen molar-refractivity contribution in [3.8, 4) is 0 Å². The van der Waals surface area contributed by atoms with E-state index in [2.05, 4.69) is 24.1 Å². The van der Waals surface area contributed by atoms with E-state index in [9.17, 15) is 9.18 Å². The summed E-state index contributed by atoms with van der Waals surface area (Å²) in [6.45, 7) is 4.24. The van der Waals surface area contributed by atoms with Gasteiger partial charge in [0.05, 0.1) is 0 Å². The average molecular weight is 296 g/mol. The minimum Gasteiger partial charge on any atom is -0.351 e. The van der Waals surface area contributed by atoms with Crippen LogP contribution in [-0.4, -0.2) is 10.9 Å². The molecule has 112 valence electrons. The van der Waals surface area contributed by atoms with Crippen LogP contribution in [0.2, 0.25) is 0 Å². The Bertz CT molecular complexity index is 819. The molecule has 1 amide bonds. The maximum atomic E-state index is 13.2. The molecule has 0 unspecified atom stereocenters. The zero-order chi connectivity index (χ0) is 15.7. The van der Waals surface area contributed by atoms with Gasteiger partial charge in [-0.3, -0.25) is 4.79 Å². The molecule has 3 rings (SSSR count). The number of H-pyrrole nitrogens is 1. The number of aromatic amines is 1. The van der Waals surface area contributed by atoms with E-state index in [1.54, 1.807) is 12.1 Å². The number of nitrogens with one attached hydrogen (secondary N) is 2. The first-order valence-corrected chi connectivity index (χ1v) is 7.22. The van der Waals surface area contributed by atoms with Gasteiger partial charge in [0.25, 0.3) is 5.91 Å². The highest BCUT2D eigenvalue weighted by Crippen LogP contribution is 2.19. The van der Waals surface area contributed by atoms with Crippen LogP contribution < -0.4 is 5.32 Å². The normalized spacial score (nSPS) is 11.1. The van der Waals surface area contributed by atoms with Crippen LogP contribution in [0, 0.1) is 5.82 Å². The van der Waals surface area contributed by atoms with Crippen molar-refractivity contribution in [3.05, 3.63) is 65.6 Å². The van der Waals surface area contributed by atoms with Gasteiger partial charge in [0.15, 0.2) is 0 Å². The van der Waals surface area contributed by atoms with Crippen molar-refractivity contribution < 1.29 is 9.18 Å². The molecule has 0 atom stereocenters. The summed E-state index contributed by atoms with van der Waals surface area (Å²) in [6.07, 6.45) is 0. The quantitative estimate of drug-likeness (QED) is 0.724. The Balaban J connectivity index is 1.80. The van der Waals surface area contributed by atoms with E-state index < -0.39 is 0 Å². The van der Waals surface area contributed by atoms with Gasteiger partial charge < -0.3 is 10.3 Å². The summed E-state index contributed by atoms with van der Waals surface area (Å²) in [4.78, 5) is 15.2. The van der Waals surface area contributed by atoms with E-state index in [-0.39, 0.29) is 11.7 Å². The maximum Gasteiger partial charge on any atom is 0.272 e. The molecule has 22 heavy (non-hydrogen) atoms. The molecule has 0 radical (unpaired) electrons. The molecule has 2 aromatic carbocycles. The molecule has 1 heterocycles. The van der Waals surface area contributed by atoms with Crippen LogP contribution in [-0.2, 0) is 0 Å². The lowest BCUT2D eigenvalue weighted by molar-refractivity contribution is 0.102. The largest absolute Gasteiger partial charge is 0.351 e. The van der Waals surface area contributed by atoms with E-state index in [0.29, 0.717) is 17.0 Å². The molecule has 0 aliphatic heterocycles. The monoisotopic (exact) mass is 296 g/mol. The number of halogens is 1. The molecule has 0 aliphatic carbocycles. The molecular formula is C18H17FN2O. The fraction of sp³-hybridized carbons (Fsp3) is 0.167. The average Bonchev–Trinajstić information content (AvgIpc) is 2.91. The van der Waals surface area contributed by atoms with E-state index in [0.717, 1.165) is 11.2 Å². The van der Waals surface area contributed by atoms with Gasteiger partial charge in [-0.05, 0) is 47.9 Å². The lowest BCUT2D eigenvalue weighted by Gasteiger charge is -2.07. The molecule has 0 bridgehead atoms. The van der Waals surface area contributed by atoms with Gasteiger partial charge in [0, 0.05) is 16.6 Å². The molecule has 2 N–H and O–H groups in total. The van der Waals surface area contributed by atoms with Gasteiger partial charge in [-0.2, -0.15) is 0 Å². The second-order valence-electron chi connectivity index (χ2n) is 5.65. The highest BCUT2D eigenvalue weighted by molar-refractivity contribution is 6.05. The van der Waals surface area contributed by atoms with Crippen molar-refractivity contribution in [1.82, 2.24) is 4.98 Å². The lowest BCUT2D eigenvalue weighted by Crippen LogP contribution is -2.12. The van der Waals surface area contributed by atoms with Crippen molar-refractivity contribution in [2.45, 2.75) is 19.8 Å². The first-order valence-electron chi connectivity index (χ1n) is 7.22. The molecule has 0 aliphatic rings. The van der Waals surface area contributed by atoms with Gasteiger partial charge in [0.1, 0.15) is 11.5 Å². The number of rotatable bonds is 3. The summed E-state index contributed by atoms with van der Waals surface area (Å²) in [5.74, 6) is -0.106. The van der Waals surface area contributed by atoms with Crippen molar-refractivity contribution in [2.24, 2.45) is 0 Å². The first kappa shape index (κ1) is 14.3. The van der Waals surface area contributed by atoms with Crippen LogP contribution in [0.1, 0.15) is 35.8 Å². The molecule has 3 nitrogen and oxygen atoms in total. The van der Waals surface area contributed by atoms with E-state index in [1.165, 1.54) is 17.7 Å². The van der Waals surface area contributed by atoms with Gasteiger partial charge >= 0.3 is 0 Å². The van der Waals surface area contributed by atoms with Gasteiger partial charge in [0.2, 0.25) is 0 Å². The van der Waals surface area contributed by atoms with Crippen molar-refractivity contribution in [2.75, 3.05) is 5.32 Å². The van der Waals surface area contributed by atoms with Crippen LogP contribution in [0.15, 0.2) is 48.5 Å². The number of carbonyl (C=O) groups excluding carboxylic acids is 1. The Hall–Kier alpha value is -2.62. The van der Waals surface area contributed by atoms with Crippen molar-refractivity contribution in [3.63, 3.8) is 0 Å². The van der Waals surface area contributed by atoms with Gasteiger partial charge in [-0.15, -0.1) is 0 Å². The van der Waals surface area contributed by atoms with E-state index >= 15 is 0 Å². The number of amides is 1. The smallest absolute Gasteiger partial charge is 0.272 e. The van der Waals surface area contributed by atoms with Crippen molar-refractivity contribution >= 4 is 22.5 Å². The van der Waals surface area contributed by atoms with Crippen molar-refractivity contribution in [1.29, 1.82) is 0 Å². The summed E-state index contributed by atoms with van der Waals surface area (Å²) in [6, 6.07) is 13.8. The third-order valence-corrected chi connectivity index (χ3v) is 3.66. The number of hydrogen-bond acceptors (Lipinski definition) is 1. The number of benzene rings is 2. The van der Waals surface area contributed by atoms with Gasteiger partial charge in [-0.1, -0.05) is 26.0 Å². The lowest BCUT2D eigenvalue weighted by atomic mass is 10.0. The highest BCUT2D eigenvalue weighted by Gasteiger charge is 2.10. The molecule has 1 aromatic heterocycles. The second kappa shape index (κ2) is 5.64. The minimum absolute atomic E-state index is 0.242. The van der Waals surface area contributed by atoms with Crippen LogP contribution >= 0.6 is 0 Å². The number of aromatic nitrogens is 1. The SMILES string of the molecule is CC(C)c1ccc(NC(=O)c2cc3cc(F)ccc3[nH]2)cc1. The third kappa shape index (κ3) is 2.86. The van der Waals surface area contributed by atoms with E-state index in [4.69, 9.17) is 0 Å². The molecule has 0 spiro atoms. The van der Waals surface area contributed by atoms with Crippen LogP contribution in [0.4, 0.5) is 10.1 Å². The molecular weight excluding hydrogens is 279 g/mol. The standard InChI is InChI=1S/C18H17FN2O/c1-11(2)12-3-6-15(7-4-12)20-18(22)17-10-13-9-14(19)5-8-16(13)21-17/h3-11,21H,1-2H3,(H,20,22). The Morgan fingerprint density at radius 2 is 1.82 bits per heavy atom. The Morgan fingerprint density at radius 3 is 2.50 bits per heavy atom. The molecule has 0 fully saturated rings. The summed E-state index contributed by atoms with van der Waals surface area (Å²) in [5, 5.41) is 3.52. The summed E-state index contributed by atoms with van der Waals surface area (Å²) in [7, 11) is 0. The van der Waals surface area contributed by atoms with Crippen LogP contribution in [0.25, 0.3) is 10.9 Å². The summed E-state index contributed by atoms with van der Waals surface area (Å²) in [5.41, 5.74) is 3.11. The second-order valence-corrected chi connectivity index (χ2v) is 5.65. The first-order chi connectivity index (χ1) is 10.5. The zero-order valence-corrected chi connectivity index (χ0v) is 12.5. The fourth-order valence-corrected chi connectivity index (χ4v) is 2.38. The zero-order valence-electron chi connectivity index (χ0n) is 12.5. The number of anilines is 1. The van der Waals surface area contributed by atoms with Gasteiger partial charge in [-0.25, -0.2) is 4.39 Å². The maximum absolute atomic E-state index is 13.2. The molecule has 3 aromatic rings. The van der Waals surface area contributed by atoms with Crippen LogP contribution in [0.3, 0.4) is 0 Å². The number of fused-ring (bicyclic) bond motifs is 1. The Morgan fingerprint density at radius 1 is 1.09 bits per heavy atom. The van der Waals surface area contributed by atoms with Crippen LogP contribution in [0.5, 0.6) is 0 Å². The molecule has 4 heteroatoms. The third-order valence-electron chi connectivity index (χ3n) is 3.66. The highest BCUT2D eigenvalue weighted by atomic mass is 19.1. The predicted octanol–water partition coefficient (Wildman–Crippen LogP) is 4.68. The molecule has 0 saturated carbocycles. The fourth-order valence-electron chi connectivity index (χ4n) is 2.38. The predicted molar refractivity (Wildman–Crippen MR) is 86.7 cm³/mol. The molecule has 0 saturated heterocycles. The minimum atomic E-state index is -0.317. The number of hydrogen-bond donors (Lipinski definition) is 2. The topological polar surface area (TPSA) is 44.9 Å². The van der Waals surface area contributed by atoms with E-state index in [1.807, 2.05) is 24.3 Å². The summed E-state index contributed by atoms with van der Waals surface area (Å²) < 4.78 is 13.2. The Kier molecular flexibility index (Phi) is 3.67. The summed E-state index contributed by atoms with van der Waals surface area (Å²) >= 11 is 0. The number of carbonyl (C=O) groups is 1.